The van der Waals surface area contributed by atoms with E-state index in [9.17, 15) is 4.79 Å². The Balaban J connectivity index is 1.94. The fourth-order valence-corrected chi connectivity index (χ4v) is 1.76. The van der Waals surface area contributed by atoms with Crippen LogP contribution in [0.4, 0.5) is 5.95 Å². The van der Waals surface area contributed by atoms with Crippen LogP contribution in [0.3, 0.4) is 0 Å². The van der Waals surface area contributed by atoms with Gasteiger partial charge in [-0.3, -0.25) is 0 Å². The van der Waals surface area contributed by atoms with Gasteiger partial charge in [0.05, 0.1) is 5.56 Å². The van der Waals surface area contributed by atoms with E-state index >= 15 is 0 Å². The van der Waals surface area contributed by atoms with Gasteiger partial charge in [-0.25, -0.2) is 4.79 Å². The van der Waals surface area contributed by atoms with Crippen LogP contribution < -0.4 is 10.5 Å². The van der Waals surface area contributed by atoms with Crippen LogP contribution in [-0.2, 0) is 0 Å². The summed E-state index contributed by atoms with van der Waals surface area (Å²) in [6, 6.07) is 11.3. The zero-order valence-corrected chi connectivity index (χ0v) is 10.2. The molecule has 3 aromatic rings. The van der Waals surface area contributed by atoms with Crippen molar-refractivity contribution in [1.29, 1.82) is 0 Å². The lowest BCUT2D eigenvalue weighted by atomic mass is 10.2. The number of hydrogen-bond acceptors (Lipinski definition) is 5. The lowest BCUT2D eigenvalue weighted by Gasteiger charge is -2.06. The van der Waals surface area contributed by atoms with Crippen LogP contribution in [0, 0.1) is 0 Å². The SMILES string of the molecule is Nc1nc2cccc(Oc3ccc(C(=O)O)cc3)n2n1. The first-order valence-electron chi connectivity index (χ1n) is 5.76. The van der Waals surface area contributed by atoms with Crippen molar-refractivity contribution in [1.82, 2.24) is 14.6 Å². The monoisotopic (exact) mass is 270 g/mol. The summed E-state index contributed by atoms with van der Waals surface area (Å²) < 4.78 is 7.12. The molecule has 0 radical (unpaired) electrons. The molecule has 0 spiro atoms. The molecule has 0 aliphatic rings. The first kappa shape index (κ1) is 12.0. The van der Waals surface area contributed by atoms with Gasteiger partial charge in [0.1, 0.15) is 5.75 Å². The van der Waals surface area contributed by atoms with E-state index < -0.39 is 5.97 Å². The number of aromatic carboxylic acids is 1. The minimum Gasteiger partial charge on any atom is -0.478 e. The van der Waals surface area contributed by atoms with Crippen molar-refractivity contribution in [3.8, 4) is 11.6 Å². The third-order valence-corrected chi connectivity index (χ3v) is 2.67. The molecule has 0 fully saturated rings. The van der Waals surface area contributed by atoms with Crippen LogP contribution in [0.5, 0.6) is 11.6 Å². The Kier molecular flexibility index (Phi) is 2.72. The Hall–Kier alpha value is -3.09. The van der Waals surface area contributed by atoms with Gasteiger partial charge in [0.15, 0.2) is 5.65 Å². The Morgan fingerprint density at radius 3 is 2.65 bits per heavy atom. The zero-order valence-electron chi connectivity index (χ0n) is 10.2. The van der Waals surface area contributed by atoms with E-state index in [-0.39, 0.29) is 11.5 Å². The maximum absolute atomic E-state index is 10.8. The van der Waals surface area contributed by atoms with E-state index in [1.54, 1.807) is 30.3 Å². The Morgan fingerprint density at radius 2 is 1.95 bits per heavy atom. The number of pyridine rings is 1. The number of aromatic nitrogens is 3. The number of nitrogen functional groups attached to an aromatic ring is 1. The molecule has 0 saturated heterocycles. The molecular formula is C13H10N4O3. The number of carboxylic acid groups (broad SMARTS) is 1. The van der Waals surface area contributed by atoms with E-state index in [0.29, 0.717) is 17.3 Å². The van der Waals surface area contributed by atoms with Gasteiger partial charge >= 0.3 is 5.97 Å². The molecule has 0 bridgehead atoms. The summed E-state index contributed by atoms with van der Waals surface area (Å²) >= 11 is 0. The molecule has 2 aromatic heterocycles. The first-order chi connectivity index (χ1) is 9.63. The average molecular weight is 270 g/mol. The first-order valence-corrected chi connectivity index (χ1v) is 5.76. The molecule has 20 heavy (non-hydrogen) atoms. The minimum atomic E-state index is -0.984. The number of benzene rings is 1. The van der Waals surface area contributed by atoms with Crippen molar-refractivity contribution in [2.75, 3.05) is 5.73 Å². The number of anilines is 1. The molecular weight excluding hydrogens is 260 g/mol. The van der Waals surface area contributed by atoms with E-state index in [0.717, 1.165) is 0 Å². The van der Waals surface area contributed by atoms with Crippen molar-refractivity contribution >= 4 is 17.6 Å². The molecule has 7 heteroatoms. The van der Waals surface area contributed by atoms with Crippen LogP contribution in [0.25, 0.3) is 5.65 Å². The summed E-state index contributed by atoms with van der Waals surface area (Å²) in [5, 5.41) is 12.9. The summed E-state index contributed by atoms with van der Waals surface area (Å²) in [4.78, 5) is 14.8. The normalized spacial score (nSPS) is 10.6. The summed E-state index contributed by atoms with van der Waals surface area (Å²) in [6.07, 6.45) is 0. The lowest BCUT2D eigenvalue weighted by molar-refractivity contribution is 0.0697. The molecule has 0 saturated carbocycles. The van der Waals surface area contributed by atoms with Crippen molar-refractivity contribution in [3.05, 3.63) is 48.0 Å². The quantitative estimate of drug-likeness (QED) is 0.752. The highest BCUT2D eigenvalue weighted by molar-refractivity contribution is 5.87. The summed E-state index contributed by atoms with van der Waals surface area (Å²) in [5.74, 6) is 0.108. The summed E-state index contributed by atoms with van der Waals surface area (Å²) in [7, 11) is 0. The standard InChI is InChI=1S/C13H10N4O3/c14-13-15-10-2-1-3-11(17(10)16-13)20-9-6-4-8(5-7-9)12(18)19/h1-7H,(H2,14,16)(H,18,19). The number of carboxylic acids is 1. The van der Waals surface area contributed by atoms with Gasteiger partial charge in [-0.1, -0.05) is 6.07 Å². The van der Waals surface area contributed by atoms with Crippen LogP contribution >= 0.6 is 0 Å². The van der Waals surface area contributed by atoms with Gasteiger partial charge in [-0.15, -0.1) is 5.10 Å². The fourth-order valence-electron chi connectivity index (χ4n) is 1.76. The number of nitrogens with zero attached hydrogens (tertiary/aromatic N) is 3. The molecule has 3 N–H and O–H groups in total. The van der Waals surface area contributed by atoms with Crippen molar-refractivity contribution < 1.29 is 14.6 Å². The molecule has 0 unspecified atom stereocenters. The highest BCUT2D eigenvalue weighted by Gasteiger charge is 2.07. The number of ether oxygens (including phenoxy) is 1. The van der Waals surface area contributed by atoms with Crippen molar-refractivity contribution in [3.63, 3.8) is 0 Å². The number of fused-ring (bicyclic) bond motifs is 1. The average Bonchev–Trinajstić information content (AvgIpc) is 2.81. The molecule has 0 amide bonds. The second-order valence-corrected chi connectivity index (χ2v) is 4.04. The molecule has 2 heterocycles. The second kappa shape index (κ2) is 4.54. The van der Waals surface area contributed by atoms with Crippen LogP contribution in [-0.4, -0.2) is 25.7 Å². The van der Waals surface area contributed by atoms with Crippen molar-refractivity contribution in [2.45, 2.75) is 0 Å². The van der Waals surface area contributed by atoms with Gasteiger partial charge in [0.25, 0.3) is 0 Å². The Bertz CT molecular complexity index is 780. The molecule has 100 valence electrons. The third kappa shape index (κ3) is 2.12. The number of hydrogen-bond donors (Lipinski definition) is 2. The van der Waals surface area contributed by atoms with Gasteiger partial charge < -0.3 is 15.6 Å². The highest BCUT2D eigenvalue weighted by Crippen LogP contribution is 2.22. The smallest absolute Gasteiger partial charge is 0.335 e. The molecule has 3 rings (SSSR count). The lowest BCUT2D eigenvalue weighted by Crippen LogP contribution is -1.97. The van der Waals surface area contributed by atoms with Gasteiger partial charge in [0, 0.05) is 6.07 Å². The van der Waals surface area contributed by atoms with E-state index in [1.165, 1.54) is 16.6 Å². The number of rotatable bonds is 3. The highest BCUT2D eigenvalue weighted by atomic mass is 16.5. The Labute approximate surface area is 113 Å². The maximum Gasteiger partial charge on any atom is 0.335 e. The van der Waals surface area contributed by atoms with Crippen LogP contribution in [0.1, 0.15) is 10.4 Å². The van der Waals surface area contributed by atoms with Gasteiger partial charge in [0.2, 0.25) is 11.8 Å². The van der Waals surface area contributed by atoms with Gasteiger partial charge in [-0.05, 0) is 30.3 Å². The number of carbonyl (C=O) groups is 1. The third-order valence-electron chi connectivity index (χ3n) is 2.67. The number of nitrogens with two attached hydrogens (primary N) is 1. The molecule has 1 aromatic carbocycles. The van der Waals surface area contributed by atoms with Crippen molar-refractivity contribution in [2.24, 2.45) is 0 Å². The predicted octanol–water partition coefficient (Wildman–Crippen LogP) is 1.80. The van der Waals surface area contributed by atoms with E-state index in [4.69, 9.17) is 15.6 Å². The molecule has 0 aliphatic carbocycles. The fraction of sp³-hybridized carbons (Fsp3) is 0. The van der Waals surface area contributed by atoms with E-state index in [2.05, 4.69) is 10.1 Å². The predicted molar refractivity (Wildman–Crippen MR) is 70.9 cm³/mol. The minimum absolute atomic E-state index is 0.155. The summed E-state index contributed by atoms with van der Waals surface area (Å²) in [6.45, 7) is 0. The molecule has 0 atom stereocenters. The maximum atomic E-state index is 10.8. The molecule has 0 aliphatic heterocycles. The zero-order chi connectivity index (χ0) is 14.1. The van der Waals surface area contributed by atoms with Crippen LogP contribution in [0.2, 0.25) is 0 Å². The second-order valence-electron chi connectivity index (χ2n) is 4.04. The largest absolute Gasteiger partial charge is 0.478 e. The van der Waals surface area contributed by atoms with Gasteiger partial charge in [-0.2, -0.15) is 9.50 Å². The summed E-state index contributed by atoms with van der Waals surface area (Å²) in [5.41, 5.74) is 6.31. The van der Waals surface area contributed by atoms with Crippen LogP contribution in [0.15, 0.2) is 42.5 Å². The van der Waals surface area contributed by atoms with E-state index in [1.807, 2.05) is 0 Å². The molecule has 7 nitrogen and oxygen atoms in total. The topological polar surface area (TPSA) is 103 Å². The Morgan fingerprint density at radius 1 is 1.20 bits per heavy atom.